The van der Waals surface area contributed by atoms with E-state index in [1.165, 1.54) is 0 Å². The maximum atomic E-state index is 12.1. The van der Waals surface area contributed by atoms with Gasteiger partial charge in [0.1, 0.15) is 19.3 Å². The zero-order valence-corrected chi connectivity index (χ0v) is 14.3. The number of rotatable bonds is 4. The van der Waals surface area contributed by atoms with Gasteiger partial charge in [0.2, 0.25) is 0 Å². The number of carbonyl (C=O) groups excluding carboxylic acids is 2. The van der Waals surface area contributed by atoms with Crippen molar-refractivity contribution in [2.75, 3.05) is 6.61 Å². The molecular weight excluding hydrogens is 268 g/mol. The third-order valence-corrected chi connectivity index (χ3v) is 4.82. The molecule has 1 aliphatic carbocycles. The highest BCUT2D eigenvalue weighted by Crippen LogP contribution is 2.43. The molecule has 1 aliphatic rings. The van der Waals surface area contributed by atoms with Gasteiger partial charge in [-0.05, 0) is 32.6 Å². The molecule has 0 aromatic rings. The lowest BCUT2D eigenvalue weighted by molar-refractivity contribution is -0.160. The van der Waals surface area contributed by atoms with E-state index in [1.807, 2.05) is 0 Å². The first-order chi connectivity index (χ1) is 9.21. The van der Waals surface area contributed by atoms with Crippen LogP contribution >= 0.6 is 0 Å². The summed E-state index contributed by atoms with van der Waals surface area (Å²) >= 11 is 0. The molecule has 0 aromatic carbocycles. The Labute approximate surface area is 123 Å². The average Bonchev–Trinajstić information content (AvgIpc) is 2.62. The van der Waals surface area contributed by atoms with Crippen molar-refractivity contribution >= 4 is 19.8 Å². The summed E-state index contributed by atoms with van der Waals surface area (Å²) in [5, 5.41) is 0. The minimum atomic E-state index is -1.34. The number of carbonyl (C=O) groups is 2. The monoisotopic (exact) mass is 294 g/mol. The molecule has 0 aromatic heterocycles. The van der Waals surface area contributed by atoms with Crippen molar-refractivity contribution in [3.8, 4) is 11.5 Å². The number of ether oxygens (including phenoxy) is 1. The smallest absolute Gasteiger partial charge is 0.319 e. The van der Waals surface area contributed by atoms with Crippen LogP contribution in [0.3, 0.4) is 0 Å². The first-order valence-corrected chi connectivity index (χ1v) is 10.9. The Balaban J connectivity index is 2.71. The lowest BCUT2D eigenvalue weighted by Gasteiger charge is -2.27. The van der Waals surface area contributed by atoms with Crippen molar-refractivity contribution in [3.05, 3.63) is 0 Å². The predicted molar refractivity (Wildman–Crippen MR) is 82.8 cm³/mol. The highest BCUT2D eigenvalue weighted by Gasteiger charge is 2.52. The van der Waals surface area contributed by atoms with Crippen LogP contribution < -0.4 is 0 Å². The van der Waals surface area contributed by atoms with Gasteiger partial charge in [0.05, 0.1) is 6.61 Å². The van der Waals surface area contributed by atoms with Crippen molar-refractivity contribution in [1.82, 2.24) is 0 Å². The van der Waals surface area contributed by atoms with E-state index in [0.717, 1.165) is 19.3 Å². The first kappa shape index (κ1) is 17.0. The molecule has 0 spiro atoms. The number of hydrogen-bond acceptors (Lipinski definition) is 3. The molecule has 1 saturated carbocycles. The van der Waals surface area contributed by atoms with Crippen molar-refractivity contribution in [1.29, 1.82) is 0 Å². The maximum absolute atomic E-state index is 12.1. The Kier molecular flexibility index (Phi) is 5.58. The zero-order chi connectivity index (χ0) is 15.4. The molecule has 0 N–H and O–H groups in total. The second-order valence-corrected chi connectivity index (χ2v) is 11.4. The van der Waals surface area contributed by atoms with Crippen LogP contribution in [0.15, 0.2) is 0 Å². The Morgan fingerprint density at radius 1 is 1.45 bits per heavy atom. The third-order valence-electron chi connectivity index (χ3n) is 3.90. The van der Waals surface area contributed by atoms with Crippen molar-refractivity contribution in [2.45, 2.75) is 59.2 Å². The van der Waals surface area contributed by atoms with Gasteiger partial charge in [-0.1, -0.05) is 19.6 Å². The van der Waals surface area contributed by atoms with E-state index >= 15 is 0 Å². The van der Waals surface area contributed by atoms with E-state index in [9.17, 15) is 9.59 Å². The number of esters is 1. The molecule has 0 aliphatic heterocycles. The second kappa shape index (κ2) is 6.58. The molecule has 112 valence electrons. The summed E-state index contributed by atoms with van der Waals surface area (Å²) in [6.07, 6.45) is 2.83. The van der Waals surface area contributed by atoms with Crippen molar-refractivity contribution in [2.24, 2.45) is 11.3 Å². The lowest BCUT2D eigenvalue weighted by atomic mass is 9.77. The van der Waals surface area contributed by atoms with Gasteiger partial charge in [-0.2, -0.15) is 0 Å². The lowest BCUT2D eigenvalue weighted by Crippen LogP contribution is -2.39. The number of Topliss-reactive ketones (excluding diaryl/α,β-unsaturated/α-hetero) is 1. The van der Waals surface area contributed by atoms with Crippen LogP contribution in [0.2, 0.25) is 19.6 Å². The number of ketones is 1. The summed E-state index contributed by atoms with van der Waals surface area (Å²) in [6, 6.07) is 0. The SMILES string of the molecule is CCOC(=O)C1(C)C(=O)CCC1CCC#C[Si](C)(C)C. The molecule has 1 fully saturated rings. The third kappa shape index (κ3) is 3.96. The van der Waals surface area contributed by atoms with E-state index in [1.54, 1.807) is 13.8 Å². The summed E-state index contributed by atoms with van der Waals surface area (Å²) in [5.74, 6) is 2.97. The summed E-state index contributed by atoms with van der Waals surface area (Å²) in [6.45, 7) is 10.5. The zero-order valence-electron chi connectivity index (χ0n) is 13.3. The molecule has 20 heavy (non-hydrogen) atoms. The van der Waals surface area contributed by atoms with Crippen molar-refractivity contribution < 1.29 is 14.3 Å². The molecular formula is C16H26O3Si. The second-order valence-electron chi connectivity index (χ2n) is 6.67. The average molecular weight is 294 g/mol. The minimum absolute atomic E-state index is 0.0269. The molecule has 0 amide bonds. The molecule has 0 bridgehead atoms. The molecule has 0 saturated heterocycles. The normalized spacial score (nSPS) is 26.1. The van der Waals surface area contributed by atoms with E-state index in [0.29, 0.717) is 13.0 Å². The maximum Gasteiger partial charge on any atom is 0.319 e. The first-order valence-electron chi connectivity index (χ1n) is 7.42. The summed E-state index contributed by atoms with van der Waals surface area (Å²) in [7, 11) is -1.34. The van der Waals surface area contributed by atoms with Crippen LogP contribution in [-0.4, -0.2) is 26.4 Å². The Bertz CT molecular complexity index is 439. The topological polar surface area (TPSA) is 43.4 Å². The molecule has 2 unspecified atom stereocenters. The van der Waals surface area contributed by atoms with Crippen LogP contribution in [0, 0.1) is 22.8 Å². The van der Waals surface area contributed by atoms with E-state index in [-0.39, 0.29) is 17.7 Å². The Hall–Kier alpha value is -1.08. The molecule has 0 radical (unpaired) electrons. The fraction of sp³-hybridized carbons (Fsp3) is 0.750. The van der Waals surface area contributed by atoms with Crippen LogP contribution in [0.5, 0.6) is 0 Å². The fourth-order valence-electron chi connectivity index (χ4n) is 2.65. The molecule has 3 nitrogen and oxygen atoms in total. The van der Waals surface area contributed by atoms with Gasteiger partial charge in [0.15, 0.2) is 0 Å². The summed E-state index contributed by atoms with van der Waals surface area (Å²) < 4.78 is 5.10. The van der Waals surface area contributed by atoms with Gasteiger partial charge in [0.25, 0.3) is 0 Å². The standard InChI is InChI=1S/C16H26O3Si/c1-6-19-15(18)16(2)13(10-11-14(16)17)9-7-8-12-20(3,4)5/h13H,6-7,9-11H2,1-5H3. The minimum Gasteiger partial charge on any atom is -0.465 e. The number of hydrogen-bond donors (Lipinski definition) is 0. The van der Waals surface area contributed by atoms with Crippen LogP contribution in [-0.2, 0) is 14.3 Å². The van der Waals surface area contributed by atoms with Gasteiger partial charge in [-0.3, -0.25) is 9.59 Å². The van der Waals surface area contributed by atoms with Gasteiger partial charge >= 0.3 is 5.97 Å². The Morgan fingerprint density at radius 3 is 2.65 bits per heavy atom. The van der Waals surface area contributed by atoms with E-state index in [2.05, 4.69) is 31.1 Å². The quantitative estimate of drug-likeness (QED) is 0.346. The van der Waals surface area contributed by atoms with Gasteiger partial charge in [-0.25, -0.2) is 0 Å². The van der Waals surface area contributed by atoms with Crippen LogP contribution in [0.4, 0.5) is 0 Å². The van der Waals surface area contributed by atoms with Crippen molar-refractivity contribution in [3.63, 3.8) is 0 Å². The Morgan fingerprint density at radius 2 is 2.10 bits per heavy atom. The van der Waals surface area contributed by atoms with Gasteiger partial charge in [-0.15, -0.1) is 11.5 Å². The molecule has 1 rings (SSSR count). The largest absolute Gasteiger partial charge is 0.465 e. The summed E-state index contributed by atoms with van der Waals surface area (Å²) in [4.78, 5) is 24.2. The highest BCUT2D eigenvalue weighted by atomic mass is 28.3. The molecule has 0 heterocycles. The molecule has 2 atom stereocenters. The highest BCUT2D eigenvalue weighted by molar-refractivity contribution is 6.83. The van der Waals surface area contributed by atoms with E-state index < -0.39 is 13.5 Å². The van der Waals surface area contributed by atoms with Gasteiger partial charge < -0.3 is 4.74 Å². The molecule has 4 heteroatoms. The van der Waals surface area contributed by atoms with Crippen LogP contribution in [0.25, 0.3) is 0 Å². The predicted octanol–water partition coefficient (Wildman–Crippen LogP) is 3.20. The summed E-state index contributed by atoms with van der Waals surface area (Å²) in [5.41, 5.74) is 2.38. The fourth-order valence-corrected chi connectivity index (χ4v) is 3.31. The van der Waals surface area contributed by atoms with E-state index in [4.69, 9.17) is 4.74 Å². The van der Waals surface area contributed by atoms with Crippen LogP contribution in [0.1, 0.15) is 39.5 Å². The van der Waals surface area contributed by atoms with Gasteiger partial charge in [0, 0.05) is 12.8 Å².